The lowest BCUT2D eigenvalue weighted by atomic mass is 10.4. The van der Waals surface area contributed by atoms with E-state index >= 15 is 0 Å². The monoisotopic (exact) mass is 425 g/mol. The highest BCUT2D eigenvalue weighted by molar-refractivity contribution is 9.11. The van der Waals surface area contributed by atoms with Crippen LogP contribution in [0.5, 0.6) is 0 Å². The third-order valence-corrected chi connectivity index (χ3v) is 4.93. The molecule has 0 saturated heterocycles. The molecule has 0 radical (unpaired) electrons. The first kappa shape index (κ1) is 12.5. The number of rotatable bonds is 2. The van der Waals surface area contributed by atoms with E-state index in [4.69, 9.17) is 0 Å². The molecule has 0 fully saturated rings. The second-order valence-corrected chi connectivity index (χ2v) is 6.76. The molecule has 0 atom stereocenters. The minimum absolute atomic E-state index is 0.0245. The van der Waals surface area contributed by atoms with Crippen molar-refractivity contribution in [1.29, 1.82) is 0 Å². The summed E-state index contributed by atoms with van der Waals surface area (Å²) in [6.45, 7) is 0.578. The third kappa shape index (κ3) is 2.67. The lowest BCUT2D eigenvalue weighted by molar-refractivity contribution is 0.760. The number of pyridine rings is 1. The maximum atomic E-state index is 11.8. The molecule has 2 rings (SSSR count). The topological polar surface area (TPSA) is 22.0 Å². The smallest absolute Gasteiger partial charge is 0.265 e. The summed E-state index contributed by atoms with van der Waals surface area (Å²) in [7, 11) is 0. The zero-order valence-electron chi connectivity index (χ0n) is 7.91. The fourth-order valence-corrected chi connectivity index (χ4v) is 4.01. The van der Waals surface area contributed by atoms with Crippen LogP contribution in [0, 0.1) is 0 Å². The van der Waals surface area contributed by atoms with Crippen molar-refractivity contribution >= 4 is 59.1 Å². The van der Waals surface area contributed by atoms with Crippen molar-refractivity contribution in [3.63, 3.8) is 0 Å². The van der Waals surface area contributed by atoms with Gasteiger partial charge in [0, 0.05) is 20.0 Å². The standard InChI is InChI=1S/C10H6Br3NOS/c11-6-3-8(13)10(15)14(4-6)5-9-7(12)1-2-16-9/h1-4H,5H2. The molecule has 6 heteroatoms. The van der Waals surface area contributed by atoms with Gasteiger partial charge in [-0.05, 0) is 65.3 Å². The van der Waals surface area contributed by atoms with Crippen LogP contribution in [-0.2, 0) is 6.54 Å². The first-order valence-corrected chi connectivity index (χ1v) is 7.61. The van der Waals surface area contributed by atoms with Crippen LogP contribution < -0.4 is 5.56 Å². The van der Waals surface area contributed by atoms with E-state index in [1.54, 1.807) is 28.2 Å². The van der Waals surface area contributed by atoms with Crippen molar-refractivity contribution in [3.05, 3.63) is 52.4 Å². The average Bonchev–Trinajstić information content (AvgIpc) is 2.60. The highest BCUT2D eigenvalue weighted by atomic mass is 79.9. The summed E-state index contributed by atoms with van der Waals surface area (Å²) < 4.78 is 4.16. The van der Waals surface area contributed by atoms with Crippen molar-refractivity contribution in [2.75, 3.05) is 0 Å². The molecule has 0 aliphatic carbocycles. The zero-order valence-corrected chi connectivity index (χ0v) is 13.5. The van der Waals surface area contributed by atoms with Gasteiger partial charge in [0.05, 0.1) is 11.0 Å². The molecule has 0 spiro atoms. The van der Waals surface area contributed by atoms with Crippen LogP contribution in [0.2, 0.25) is 0 Å². The molecule has 0 bridgehead atoms. The third-order valence-electron chi connectivity index (χ3n) is 2.01. The van der Waals surface area contributed by atoms with Crippen LogP contribution in [0.3, 0.4) is 0 Å². The number of hydrogen-bond donors (Lipinski definition) is 0. The summed E-state index contributed by atoms with van der Waals surface area (Å²) in [6.07, 6.45) is 1.79. The van der Waals surface area contributed by atoms with Crippen LogP contribution in [-0.4, -0.2) is 4.57 Å². The van der Waals surface area contributed by atoms with Crippen molar-refractivity contribution in [2.45, 2.75) is 6.54 Å². The van der Waals surface area contributed by atoms with Crippen molar-refractivity contribution < 1.29 is 0 Å². The molecular weight excluding hydrogens is 422 g/mol. The van der Waals surface area contributed by atoms with Gasteiger partial charge in [-0.3, -0.25) is 4.79 Å². The lowest BCUT2D eigenvalue weighted by Gasteiger charge is -2.06. The van der Waals surface area contributed by atoms with Crippen molar-refractivity contribution in [1.82, 2.24) is 4.57 Å². The summed E-state index contributed by atoms with van der Waals surface area (Å²) in [4.78, 5) is 13.0. The largest absolute Gasteiger partial charge is 0.308 e. The van der Waals surface area contributed by atoms with Gasteiger partial charge in [0.15, 0.2) is 0 Å². The van der Waals surface area contributed by atoms with Crippen molar-refractivity contribution in [3.8, 4) is 0 Å². The summed E-state index contributed by atoms with van der Waals surface area (Å²) in [5.74, 6) is 0. The molecule has 0 saturated carbocycles. The lowest BCUT2D eigenvalue weighted by Crippen LogP contribution is -2.20. The number of hydrogen-bond acceptors (Lipinski definition) is 2. The van der Waals surface area contributed by atoms with Gasteiger partial charge >= 0.3 is 0 Å². The van der Waals surface area contributed by atoms with Gasteiger partial charge in [-0.1, -0.05) is 0 Å². The Morgan fingerprint density at radius 3 is 2.62 bits per heavy atom. The Morgan fingerprint density at radius 1 is 1.25 bits per heavy atom. The van der Waals surface area contributed by atoms with Gasteiger partial charge in [-0.15, -0.1) is 11.3 Å². The number of nitrogens with zero attached hydrogens (tertiary/aromatic N) is 1. The first-order valence-electron chi connectivity index (χ1n) is 4.35. The average molecular weight is 428 g/mol. The summed E-state index contributed by atoms with van der Waals surface area (Å²) in [5.41, 5.74) is -0.0245. The van der Waals surface area contributed by atoms with E-state index in [9.17, 15) is 4.79 Å². The molecule has 0 amide bonds. The molecule has 0 aliphatic heterocycles. The van der Waals surface area contributed by atoms with E-state index in [1.165, 1.54) is 0 Å². The zero-order chi connectivity index (χ0) is 11.7. The van der Waals surface area contributed by atoms with Gasteiger partial charge in [-0.25, -0.2) is 0 Å². The fraction of sp³-hybridized carbons (Fsp3) is 0.100. The van der Waals surface area contributed by atoms with E-state index in [0.29, 0.717) is 11.0 Å². The SMILES string of the molecule is O=c1c(Br)cc(Br)cn1Cc1sccc1Br. The van der Waals surface area contributed by atoms with Gasteiger partial charge in [-0.2, -0.15) is 0 Å². The summed E-state index contributed by atoms with van der Waals surface area (Å²) in [5, 5.41) is 2.00. The van der Waals surface area contributed by atoms with Gasteiger partial charge in [0.25, 0.3) is 5.56 Å². The van der Waals surface area contributed by atoms with Crippen LogP contribution in [0.25, 0.3) is 0 Å². The molecule has 2 nitrogen and oxygen atoms in total. The number of thiophene rings is 1. The quantitative estimate of drug-likeness (QED) is 0.702. The van der Waals surface area contributed by atoms with Gasteiger partial charge < -0.3 is 4.57 Å². The van der Waals surface area contributed by atoms with Crippen LogP contribution in [0.4, 0.5) is 0 Å². The Bertz CT molecular complexity index is 576. The highest BCUT2D eigenvalue weighted by Crippen LogP contribution is 2.23. The molecule has 16 heavy (non-hydrogen) atoms. The molecular formula is C10H6Br3NOS. The molecule has 84 valence electrons. The van der Waals surface area contributed by atoms with Crippen LogP contribution in [0.15, 0.2) is 41.9 Å². The molecule has 2 aromatic rings. The molecule has 0 aliphatic rings. The first-order chi connectivity index (χ1) is 7.58. The van der Waals surface area contributed by atoms with E-state index in [0.717, 1.165) is 13.8 Å². The van der Waals surface area contributed by atoms with Crippen LogP contribution in [0.1, 0.15) is 4.88 Å². The van der Waals surface area contributed by atoms with Crippen molar-refractivity contribution in [2.24, 2.45) is 0 Å². The maximum Gasteiger partial charge on any atom is 0.265 e. The Morgan fingerprint density at radius 2 is 2.00 bits per heavy atom. The fourth-order valence-electron chi connectivity index (χ4n) is 1.27. The highest BCUT2D eigenvalue weighted by Gasteiger charge is 2.07. The van der Waals surface area contributed by atoms with E-state index in [1.807, 2.05) is 11.4 Å². The Labute approximate surface area is 122 Å². The van der Waals surface area contributed by atoms with E-state index in [-0.39, 0.29) is 5.56 Å². The number of aromatic nitrogens is 1. The van der Waals surface area contributed by atoms with Crippen LogP contribution >= 0.6 is 59.1 Å². The summed E-state index contributed by atoms with van der Waals surface area (Å²) >= 11 is 11.7. The van der Waals surface area contributed by atoms with Gasteiger partial charge in [0.2, 0.25) is 0 Å². The second kappa shape index (κ2) is 5.16. The van der Waals surface area contributed by atoms with E-state index in [2.05, 4.69) is 47.8 Å². The normalized spacial score (nSPS) is 10.7. The Balaban J connectivity index is 2.43. The van der Waals surface area contributed by atoms with E-state index < -0.39 is 0 Å². The molecule has 0 unspecified atom stereocenters. The Hall–Kier alpha value is 0.0900. The molecule has 0 aromatic carbocycles. The molecule has 2 aromatic heterocycles. The minimum atomic E-state index is -0.0245. The predicted octanol–water partition coefficient (Wildman–Crippen LogP) is 4.25. The minimum Gasteiger partial charge on any atom is -0.308 e. The second-order valence-electron chi connectivity index (χ2n) is 3.13. The number of halogens is 3. The predicted molar refractivity (Wildman–Crippen MR) is 77.2 cm³/mol. The molecule has 2 heterocycles. The Kier molecular flexibility index (Phi) is 4.05. The van der Waals surface area contributed by atoms with Gasteiger partial charge in [0.1, 0.15) is 0 Å². The maximum absolute atomic E-state index is 11.8. The summed E-state index contributed by atoms with van der Waals surface area (Å²) in [6, 6.07) is 3.74. The molecule has 0 N–H and O–H groups in total.